The number of hydrogen-bond donors (Lipinski definition) is 0. The minimum atomic E-state index is -0.487. The van der Waals surface area contributed by atoms with Crippen molar-refractivity contribution < 1.29 is 13.9 Å². The third kappa shape index (κ3) is 2.25. The molecule has 1 heterocycles. The predicted octanol–water partition coefficient (Wildman–Crippen LogP) is 2.70. The van der Waals surface area contributed by atoms with Crippen LogP contribution < -0.4 is 0 Å². The maximum Gasteiger partial charge on any atom is 0.373 e. The fourth-order valence-corrected chi connectivity index (χ4v) is 1.59. The highest BCUT2D eigenvalue weighted by atomic mass is 79.9. The smallest absolute Gasteiger partial charge is 0.373 e. The van der Waals surface area contributed by atoms with Crippen LogP contribution in [0.3, 0.4) is 0 Å². The Balaban J connectivity index is 2.99. The normalized spacial score (nSPS) is 10.1. The monoisotopic (exact) mass is 266 g/mol. The second-order valence-corrected chi connectivity index (χ2v) is 3.15. The van der Waals surface area contributed by atoms with E-state index >= 15 is 0 Å². The molecule has 0 saturated heterocycles. The highest BCUT2D eigenvalue weighted by Crippen LogP contribution is 2.20. The van der Waals surface area contributed by atoms with Crippen LogP contribution in [0.5, 0.6) is 0 Å². The summed E-state index contributed by atoms with van der Waals surface area (Å²) in [5, 5.41) is 0.534. The molecule has 0 fully saturated rings. The fraction of sp³-hybridized carbons (Fsp3) is 0.375. The fourth-order valence-electron chi connectivity index (χ4n) is 0.894. The Morgan fingerprint density at radius 1 is 1.77 bits per heavy atom. The van der Waals surface area contributed by atoms with E-state index in [1.165, 1.54) is 7.11 Å². The molecule has 0 aliphatic carbocycles. The van der Waals surface area contributed by atoms with E-state index in [9.17, 15) is 4.79 Å². The summed E-state index contributed by atoms with van der Waals surface area (Å²) < 4.78 is 9.70. The topological polar surface area (TPSA) is 39.4 Å². The van der Waals surface area contributed by atoms with Gasteiger partial charge in [-0.05, 0) is 6.07 Å². The number of carbonyl (C=O) groups excluding carboxylic acids is 1. The molecular formula is C8H8BrClO3. The maximum atomic E-state index is 11.0. The number of furan rings is 1. The van der Waals surface area contributed by atoms with Crippen molar-refractivity contribution in [2.24, 2.45) is 0 Å². The average Bonchev–Trinajstić information content (AvgIpc) is 2.59. The van der Waals surface area contributed by atoms with Crippen molar-refractivity contribution in [3.63, 3.8) is 0 Å². The number of rotatable bonds is 3. The van der Waals surface area contributed by atoms with Crippen LogP contribution in [0.4, 0.5) is 0 Å². The average molecular weight is 268 g/mol. The zero-order valence-electron chi connectivity index (χ0n) is 6.97. The molecule has 0 unspecified atom stereocenters. The summed E-state index contributed by atoms with van der Waals surface area (Å²) in [6.45, 7) is 0. The summed E-state index contributed by atoms with van der Waals surface area (Å²) in [6.07, 6.45) is 0. The Hall–Kier alpha value is -0.480. The molecule has 0 aromatic carbocycles. The molecule has 0 radical (unpaired) electrons. The summed E-state index contributed by atoms with van der Waals surface area (Å²) in [5.74, 6) is 0.683. The number of halogens is 2. The summed E-state index contributed by atoms with van der Waals surface area (Å²) in [4.78, 5) is 11.0. The lowest BCUT2D eigenvalue weighted by molar-refractivity contribution is 0.0563. The van der Waals surface area contributed by atoms with Crippen molar-refractivity contribution in [3.05, 3.63) is 23.2 Å². The van der Waals surface area contributed by atoms with E-state index in [0.29, 0.717) is 17.0 Å². The number of esters is 1. The van der Waals surface area contributed by atoms with E-state index in [2.05, 4.69) is 20.7 Å². The van der Waals surface area contributed by atoms with Gasteiger partial charge in [-0.3, -0.25) is 0 Å². The molecule has 1 aromatic heterocycles. The second kappa shape index (κ2) is 4.67. The minimum absolute atomic E-state index is 0.188. The quantitative estimate of drug-likeness (QED) is 0.624. The Labute approximate surface area is 89.1 Å². The Kier molecular flexibility index (Phi) is 3.81. The number of ether oxygens (including phenoxy) is 1. The van der Waals surface area contributed by atoms with Crippen LogP contribution in [0.2, 0.25) is 0 Å². The van der Waals surface area contributed by atoms with Gasteiger partial charge < -0.3 is 9.15 Å². The molecule has 0 atom stereocenters. The first-order chi connectivity index (χ1) is 6.22. The first-order valence-corrected chi connectivity index (χ1v) is 5.20. The van der Waals surface area contributed by atoms with Crippen molar-refractivity contribution >= 4 is 33.5 Å². The minimum Gasteiger partial charge on any atom is -0.463 e. The Morgan fingerprint density at radius 3 is 2.85 bits per heavy atom. The highest BCUT2D eigenvalue weighted by Gasteiger charge is 2.15. The zero-order chi connectivity index (χ0) is 9.84. The van der Waals surface area contributed by atoms with Gasteiger partial charge in [-0.2, -0.15) is 0 Å². The summed E-state index contributed by atoms with van der Waals surface area (Å²) >= 11 is 8.87. The molecule has 0 saturated carbocycles. The number of carbonyl (C=O) groups is 1. The number of hydrogen-bond acceptors (Lipinski definition) is 3. The van der Waals surface area contributed by atoms with Crippen molar-refractivity contribution in [2.75, 3.05) is 7.11 Å². The van der Waals surface area contributed by atoms with Gasteiger partial charge in [-0.1, -0.05) is 15.9 Å². The molecule has 0 aliphatic rings. The lowest BCUT2D eigenvalue weighted by atomic mass is 10.3. The lowest BCUT2D eigenvalue weighted by Crippen LogP contribution is -1.98. The Bertz CT molecular complexity index is 287. The molecule has 1 rings (SSSR count). The van der Waals surface area contributed by atoms with Crippen LogP contribution in [0.25, 0.3) is 0 Å². The van der Waals surface area contributed by atoms with Crippen LogP contribution in [-0.4, -0.2) is 13.1 Å². The summed E-state index contributed by atoms with van der Waals surface area (Å²) in [5.41, 5.74) is 0.805. The van der Waals surface area contributed by atoms with Gasteiger partial charge in [0.25, 0.3) is 0 Å². The van der Waals surface area contributed by atoms with Gasteiger partial charge in [-0.15, -0.1) is 11.6 Å². The van der Waals surface area contributed by atoms with E-state index in [0.717, 1.165) is 5.56 Å². The second-order valence-electron chi connectivity index (χ2n) is 2.32. The first kappa shape index (κ1) is 10.6. The Morgan fingerprint density at radius 2 is 2.46 bits per heavy atom. The van der Waals surface area contributed by atoms with Crippen LogP contribution in [0, 0.1) is 0 Å². The molecule has 0 bridgehead atoms. The summed E-state index contributed by atoms with van der Waals surface area (Å²) in [7, 11) is 1.30. The van der Waals surface area contributed by atoms with Gasteiger partial charge in [0.2, 0.25) is 5.76 Å². The van der Waals surface area contributed by atoms with Crippen molar-refractivity contribution in [2.45, 2.75) is 11.2 Å². The van der Waals surface area contributed by atoms with Gasteiger partial charge in [0.15, 0.2) is 0 Å². The van der Waals surface area contributed by atoms with Gasteiger partial charge in [0.1, 0.15) is 5.76 Å². The standard InChI is InChI=1S/C8H8BrClO3/c1-12-8(11)6-2-5(4-10)7(3-9)13-6/h2H,3-4H2,1H3. The molecule has 1 aromatic rings. The van der Waals surface area contributed by atoms with Crippen LogP contribution in [0.1, 0.15) is 21.9 Å². The van der Waals surface area contributed by atoms with Gasteiger partial charge in [-0.25, -0.2) is 4.79 Å². The molecule has 0 aliphatic heterocycles. The number of methoxy groups -OCH3 is 1. The van der Waals surface area contributed by atoms with E-state index in [4.69, 9.17) is 16.0 Å². The largest absolute Gasteiger partial charge is 0.463 e. The molecule has 72 valence electrons. The van der Waals surface area contributed by atoms with Crippen molar-refractivity contribution in [1.29, 1.82) is 0 Å². The molecular weight excluding hydrogens is 259 g/mol. The molecule has 3 nitrogen and oxygen atoms in total. The van der Waals surface area contributed by atoms with E-state index < -0.39 is 5.97 Å². The molecule has 5 heteroatoms. The highest BCUT2D eigenvalue weighted by molar-refractivity contribution is 9.08. The van der Waals surface area contributed by atoms with Crippen LogP contribution in [-0.2, 0) is 15.9 Å². The van der Waals surface area contributed by atoms with E-state index in [1.54, 1.807) is 6.07 Å². The predicted molar refractivity (Wildman–Crippen MR) is 52.2 cm³/mol. The lowest BCUT2D eigenvalue weighted by Gasteiger charge is -1.92. The third-order valence-electron chi connectivity index (χ3n) is 1.55. The van der Waals surface area contributed by atoms with Gasteiger partial charge >= 0.3 is 5.97 Å². The SMILES string of the molecule is COC(=O)c1cc(CCl)c(CBr)o1. The van der Waals surface area contributed by atoms with Crippen LogP contribution in [0.15, 0.2) is 10.5 Å². The molecule has 0 spiro atoms. The van der Waals surface area contributed by atoms with E-state index in [-0.39, 0.29) is 5.76 Å². The molecule has 0 N–H and O–H groups in total. The van der Waals surface area contributed by atoms with Gasteiger partial charge in [0, 0.05) is 5.56 Å². The maximum absolute atomic E-state index is 11.0. The van der Waals surface area contributed by atoms with E-state index in [1.807, 2.05) is 0 Å². The van der Waals surface area contributed by atoms with Crippen molar-refractivity contribution in [3.8, 4) is 0 Å². The number of alkyl halides is 2. The first-order valence-electron chi connectivity index (χ1n) is 3.54. The molecule has 0 amide bonds. The van der Waals surface area contributed by atoms with Crippen LogP contribution >= 0.6 is 27.5 Å². The summed E-state index contributed by atoms with van der Waals surface area (Å²) in [6, 6.07) is 1.59. The van der Waals surface area contributed by atoms with Crippen molar-refractivity contribution in [1.82, 2.24) is 0 Å². The molecule has 13 heavy (non-hydrogen) atoms. The zero-order valence-corrected chi connectivity index (χ0v) is 9.31. The van der Waals surface area contributed by atoms with Gasteiger partial charge in [0.05, 0.1) is 18.3 Å². The third-order valence-corrected chi connectivity index (χ3v) is 2.35.